The normalized spacial score (nSPS) is 17.4. The fourth-order valence-electron chi connectivity index (χ4n) is 3.50. The van der Waals surface area contributed by atoms with E-state index >= 15 is 0 Å². The molecule has 8 nitrogen and oxygen atoms in total. The molecule has 0 spiro atoms. The highest BCUT2D eigenvalue weighted by atomic mass is 127. The number of carbonyl (C=O) groups excluding carboxylic acids is 2. The Labute approximate surface area is 200 Å². The molecule has 33 heavy (non-hydrogen) atoms. The van der Waals surface area contributed by atoms with Crippen molar-refractivity contribution in [3.8, 4) is 5.69 Å². The number of anilines is 1. The van der Waals surface area contributed by atoms with Gasteiger partial charge in [0, 0.05) is 8.59 Å². The third-order valence-electron chi connectivity index (χ3n) is 4.99. The van der Waals surface area contributed by atoms with E-state index in [9.17, 15) is 32.3 Å². The molecule has 170 valence electrons. The highest BCUT2D eigenvalue weighted by molar-refractivity contribution is 14.1. The molecule has 3 N–H and O–H groups in total. The van der Waals surface area contributed by atoms with Crippen molar-refractivity contribution in [2.75, 3.05) is 5.32 Å². The standard InChI is InChI=1S/C20H11ClF3IN4O4/c21-9-5-7-10(8-6-9)29-14-13(16(31)27-18(29)33)19(17(32)26-14,20(22,23)24)28-15(30)11-3-1-2-4-12(11)25/h1-8H,(H,26,32)(H,28,30)(H,27,31,33)/t19-/m0/s1. The lowest BCUT2D eigenvalue weighted by atomic mass is 9.91. The van der Waals surface area contributed by atoms with Crippen LogP contribution in [-0.2, 0) is 10.3 Å². The maximum Gasteiger partial charge on any atom is 0.425 e. The molecule has 0 bridgehead atoms. The zero-order valence-corrected chi connectivity index (χ0v) is 19.0. The second-order valence-electron chi connectivity index (χ2n) is 6.93. The number of aromatic amines is 1. The van der Waals surface area contributed by atoms with Crippen LogP contribution in [0.1, 0.15) is 15.9 Å². The van der Waals surface area contributed by atoms with Gasteiger partial charge in [0.15, 0.2) is 0 Å². The lowest BCUT2D eigenvalue weighted by Gasteiger charge is -2.30. The Morgan fingerprint density at radius 1 is 1.06 bits per heavy atom. The number of H-pyrrole nitrogens is 1. The van der Waals surface area contributed by atoms with E-state index in [4.69, 9.17) is 11.6 Å². The number of hydrogen-bond acceptors (Lipinski definition) is 4. The zero-order valence-electron chi connectivity index (χ0n) is 16.1. The van der Waals surface area contributed by atoms with Crippen LogP contribution >= 0.6 is 34.2 Å². The van der Waals surface area contributed by atoms with Crippen LogP contribution in [0, 0.1) is 3.57 Å². The molecule has 0 unspecified atom stereocenters. The molecule has 0 saturated heterocycles. The van der Waals surface area contributed by atoms with Crippen LogP contribution in [-0.4, -0.2) is 27.5 Å². The minimum absolute atomic E-state index is 0.0270. The first-order valence-electron chi connectivity index (χ1n) is 9.08. The van der Waals surface area contributed by atoms with Crippen molar-refractivity contribution in [3.05, 3.63) is 89.1 Å². The maximum absolute atomic E-state index is 14.5. The molecule has 4 rings (SSSR count). The van der Waals surface area contributed by atoms with Crippen LogP contribution in [0.5, 0.6) is 0 Å². The lowest BCUT2D eigenvalue weighted by Crippen LogP contribution is -2.62. The van der Waals surface area contributed by atoms with Crippen LogP contribution in [0.15, 0.2) is 58.1 Å². The Kier molecular flexibility index (Phi) is 5.60. The molecule has 2 heterocycles. The summed E-state index contributed by atoms with van der Waals surface area (Å²) in [6.45, 7) is 0. The van der Waals surface area contributed by atoms with Crippen LogP contribution in [0.3, 0.4) is 0 Å². The molecule has 1 atom stereocenters. The molecule has 3 aromatic rings. The number of hydrogen-bond donors (Lipinski definition) is 3. The predicted octanol–water partition coefficient (Wildman–Crippen LogP) is 2.92. The number of carbonyl (C=O) groups is 2. The van der Waals surface area contributed by atoms with E-state index in [0.717, 1.165) is 0 Å². The molecule has 2 aromatic carbocycles. The van der Waals surface area contributed by atoms with Crippen molar-refractivity contribution >= 4 is 51.8 Å². The highest BCUT2D eigenvalue weighted by Gasteiger charge is 2.68. The molecule has 2 amide bonds. The second-order valence-corrected chi connectivity index (χ2v) is 8.53. The molecule has 0 saturated carbocycles. The number of nitrogens with zero attached hydrogens (tertiary/aromatic N) is 1. The van der Waals surface area contributed by atoms with Gasteiger partial charge in [-0.2, -0.15) is 13.2 Å². The Hall–Kier alpha value is -3.13. The quantitative estimate of drug-likeness (QED) is 0.407. The summed E-state index contributed by atoms with van der Waals surface area (Å²) in [5.41, 5.74) is -7.58. The number of alkyl halides is 3. The third kappa shape index (κ3) is 3.62. The van der Waals surface area contributed by atoms with Crippen molar-refractivity contribution in [2.24, 2.45) is 0 Å². The van der Waals surface area contributed by atoms with E-state index in [1.807, 2.05) is 5.32 Å². The van der Waals surface area contributed by atoms with Crippen LogP contribution in [0.4, 0.5) is 19.0 Å². The van der Waals surface area contributed by atoms with E-state index in [1.54, 1.807) is 39.0 Å². The molecule has 1 aliphatic rings. The van der Waals surface area contributed by atoms with Gasteiger partial charge in [0.2, 0.25) is 0 Å². The van der Waals surface area contributed by atoms with E-state index < -0.39 is 46.2 Å². The molecular formula is C20H11ClF3IN4O4. The molecule has 1 aliphatic heterocycles. The van der Waals surface area contributed by atoms with E-state index in [0.29, 0.717) is 8.14 Å². The average molecular weight is 591 g/mol. The second kappa shape index (κ2) is 8.02. The number of halogens is 5. The average Bonchev–Trinajstić information content (AvgIpc) is 3.02. The van der Waals surface area contributed by atoms with Crippen LogP contribution in [0.25, 0.3) is 5.69 Å². The summed E-state index contributed by atoms with van der Waals surface area (Å²) >= 11 is 7.58. The number of aromatic nitrogens is 2. The summed E-state index contributed by atoms with van der Waals surface area (Å²) in [6, 6.07) is 11.1. The largest absolute Gasteiger partial charge is 0.425 e. The van der Waals surface area contributed by atoms with E-state index in [-0.39, 0.29) is 16.3 Å². The number of rotatable bonds is 3. The first-order chi connectivity index (χ1) is 15.5. The van der Waals surface area contributed by atoms with Gasteiger partial charge in [-0.05, 0) is 59.0 Å². The van der Waals surface area contributed by atoms with Gasteiger partial charge in [0.1, 0.15) is 11.4 Å². The Bertz CT molecular complexity index is 1420. The topological polar surface area (TPSA) is 113 Å². The fraction of sp³-hybridized carbons (Fsp3) is 0.100. The van der Waals surface area contributed by atoms with Crippen molar-refractivity contribution < 1.29 is 22.8 Å². The maximum atomic E-state index is 14.5. The van der Waals surface area contributed by atoms with Crippen molar-refractivity contribution in [1.29, 1.82) is 0 Å². The first kappa shape index (κ1) is 23.0. The van der Waals surface area contributed by atoms with Gasteiger partial charge in [0.05, 0.1) is 11.3 Å². The zero-order chi connectivity index (χ0) is 24.1. The third-order valence-corrected chi connectivity index (χ3v) is 6.18. The minimum Gasteiger partial charge on any atom is -0.326 e. The SMILES string of the molecule is O=C(N[C@]1(C(F)(F)F)C(=O)Nc2c1c(=O)[nH]c(=O)n2-c1ccc(Cl)cc1)c1ccccc1I. The number of nitrogens with one attached hydrogen (secondary N) is 3. The molecule has 0 fully saturated rings. The van der Waals surface area contributed by atoms with Gasteiger partial charge in [-0.15, -0.1) is 0 Å². The summed E-state index contributed by atoms with van der Waals surface area (Å²) in [6.07, 6.45) is -5.44. The summed E-state index contributed by atoms with van der Waals surface area (Å²) < 4.78 is 44.4. The molecule has 1 aromatic heterocycles. The van der Waals surface area contributed by atoms with Gasteiger partial charge in [-0.25, -0.2) is 9.36 Å². The van der Waals surface area contributed by atoms with Gasteiger partial charge >= 0.3 is 11.9 Å². The van der Waals surface area contributed by atoms with Gasteiger partial charge in [-0.3, -0.25) is 19.4 Å². The molecule has 0 aliphatic carbocycles. The van der Waals surface area contributed by atoms with E-state index in [2.05, 4.69) is 0 Å². The number of fused-ring (bicyclic) bond motifs is 1. The fourth-order valence-corrected chi connectivity index (χ4v) is 4.26. The van der Waals surface area contributed by atoms with Crippen molar-refractivity contribution in [3.63, 3.8) is 0 Å². The van der Waals surface area contributed by atoms with E-state index in [1.165, 1.54) is 42.5 Å². The molecule has 0 radical (unpaired) electrons. The summed E-state index contributed by atoms with van der Waals surface area (Å²) in [7, 11) is 0. The summed E-state index contributed by atoms with van der Waals surface area (Å²) in [5.74, 6) is -3.68. The Balaban J connectivity index is 1.98. The minimum atomic E-state index is -5.44. The monoisotopic (exact) mass is 590 g/mol. The highest BCUT2D eigenvalue weighted by Crippen LogP contribution is 2.45. The van der Waals surface area contributed by atoms with Crippen LogP contribution in [0.2, 0.25) is 5.02 Å². The number of amides is 2. The Morgan fingerprint density at radius 3 is 2.30 bits per heavy atom. The van der Waals surface area contributed by atoms with Gasteiger partial charge in [0.25, 0.3) is 22.9 Å². The van der Waals surface area contributed by atoms with Crippen molar-refractivity contribution in [2.45, 2.75) is 11.7 Å². The summed E-state index contributed by atoms with van der Waals surface area (Å²) in [4.78, 5) is 52.5. The molecular weight excluding hydrogens is 580 g/mol. The van der Waals surface area contributed by atoms with Crippen LogP contribution < -0.4 is 21.9 Å². The Morgan fingerprint density at radius 2 is 1.70 bits per heavy atom. The summed E-state index contributed by atoms with van der Waals surface area (Å²) in [5, 5.41) is 3.95. The number of benzene rings is 2. The molecule has 13 heteroatoms. The smallest absolute Gasteiger partial charge is 0.326 e. The van der Waals surface area contributed by atoms with Gasteiger partial charge in [-0.1, -0.05) is 23.7 Å². The first-order valence-corrected chi connectivity index (χ1v) is 10.5. The lowest BCUT2D eigenvalue weighted by molar-refractivity contribution is -0.196. The predicted molar refractivity (Wildman–Crippen MR) is 121 cm³/mol. The van der Waals surface area contributed by atoms with Gasteiger partial charge < -0.3 is 10.6 Å². The van der Waals surface area contributed by atoms with Crippen molar-refractivity contribution in [1.82, 2.24) is 14.9 Å².